The van der Waals surface area contributed by atoms with Gasteiger partial charge in [-0.3, -0.25) is 4.79 Å². The lowest BCUT2D eigenvalue weighted by atomic mass is 10.2. The van der Waals surface area contributed by atoms with E-state index < -0.39 is 0 Å². The van der Waals surface area contributed by atoms with Crippen LogP contribution in [0.4, 0.5) is 0 Å². The summed E-state index contributed by atoms with van der Waals surface area (Å²) in [7, 11) is 0. The van der Waals surface area contributed by atoms with Crippen molar-refractivity contribution in [3.05, 3.63) is 56.5 Å². The van der Waals surface area contributed by atoms with Gasteiger partial charge in [0.2, 0.25) is 0 Å². The second kappa shape index (κ2) is 7.07. The number of fused-ring (bicyclic) bond motifs is 1. The van der Waals surface area contributed by atoms with E-state index in [4.69, 9.17) is 11.6 Å². The summed E-state index contributed by atoms with van der Waals surface area (Å²) in [4.78, 5) is 12.5. The Bertz CT molecular complexity index is 856. The van der Waals surface area contributed by atoms with Crippen LogP contribution < -0.4 is 5.32 Å². The predicted octanol–water partition coefficient (Wildman–Crippen LogP) is 5.31. The lowest BCUT2D eigenvalue weighted by Crippen LogP contribution is -2.26. The number of halogens is 2. The molecule has 1 amide bonds. The summed E-state index contributed by atoms with van der Waals surface area (Å²) < 4.78 is 4.20. The molecule has 0 fully saturated rings. The molecule has 0 unspecified atom stereocenters. The number of rotatable bonds is 5. The molecule has 0 bridgehead atoms. The Morgan fingerprint density at radius 2 is 2.17 bits per heavy atom. The van der Waals surface area contributed by atoms with E-state index in [-0.39, 0.29) is 5.91 Å². The third kappa shape index (κ3) is 3.62. The molecule has 2 aromatic heterocycles. The van der Waals surface area contributed by atoms with Crippen LogP contribution in [-0.2, 0) is 6.54 Å². The molecule has 0 saturated heterocycles. The Balaban J connectivity index is 2.02. The first-order valence-electron chi connectivity index (χ1n) is 7.39. The third-order valence-electron chi connectivity index (χ3n) is 3.56. The van der Waals surface area contributed by atoms with E-state index in [2.05, 4.69) is 27.3 Å². The molecule has 6 heteroatoms. The third-order valence-corrected chi connectivity index (χ3v) is 5.37. The highest BCUT2D eigenvalue weighted by Gasteiger charge is 2.17. The Kier molecular flexibility index (Phi) is 5.09. The first-order chi connectivity index (χ1) is 11.1. The van der Waals surface area contributed by atoms with Gasteiger partial charge in [0, 0.05) is 18.1 Å². The molecular weight excluding hydrogens is 396 g/mol. The minimum absolute atomic E-state index is 0.0339. The van der Waals surface area contributed by atoms with E-state index in [1.807, 2.05) is 41.8 Å². The van der Waals surface area contributed by atoms with Crippen molar-refractivity contribution in [1.29, 1.82) is 0 Å². The summed E-state index contributed by atoms with van der Waals surface area (Å²) in [6.45, 7) is 3.33. The molecule has 1 N–H and O–H groups in total. The number of nitrogens with zero attached hydrogens (tertiary/aromatic N) is 1. The first kappa shape index (κ1) is 16.6. The number of benzene rings is 1. The van der Waals surface area contributed by atoms with Gasteiger partial charge in [-0.2, -0.15) is 0 Å². The van der Waals surface area contributed by atoms with Gasteiger partial charge in [0.1, 0.15) is 5.69 Å². The highest BCUT2D eigenvalue weighted by atomic mass is 79.9. The van der Waals surface area contributed by atoms with Gasteiger partial charge in [0.15, 0.2) is 0 Å². The van der Waals surface area contributed by atoms with Gasteiger partial charge < -0.3 is 9.88 Å². The van der Waals surface area contributed by atoms with Crippen molar-refractivity contribution in [2.24, 2.45) is 0 Å². The van der Waals surface area contributed by atoms with Gasteiger partial charge in [-0.05, 0) is 52.2 Å². The second-order valence-electron chi connectivity index (χ2n) is 5.30. The Morgan fingerprint density at radius 1 is 1.35 bits per heavy atom. The summed E-state index contributed by atoms with van der Waals surface area (Å²) in [6, 6.07) is 11.8. The van der Waals surface area contributed by atoms with E-state index in [0.29, 0.717) is 23.8 Å². The highest BCUT2D eigenvalue weighted by molar-refractivity contribution is 9.11. The molecule has 23 heavy (non-hydrogen) atoms. The number of amides is 1. The number of carbonyl (C=O) groups is 1. The van der Waals surface area contributed by atoms with E-state index in [1.54, 1.807) is 11.3 Å². The summed E-state index contributed by atoms with van der Waals surface area (Å²) >= 11 is 11.2. The Hall–Kier alpha value is -1.30. The van der Waals surface area contributed by atoms with Crippen molar-refractivity contribution in [3.8, 4) is 0 Å². The molecule has 3 aromatic rings. The molecule has 0 aliphatic rings. The molecule has 0 atom stereocenters. The van der Waals surface area contributed by atoms with Crippen molar-refractivity contribution >= 4 is 55.0 Å². The van der Waals surface area contributed by atoms with Crippen LogP contribution in [0, 0.1) is 0 Å². The van der Waals surface area contributed by atoms with Crippen molar-refractivity contribution in [1.82, 2.24) is 9.88 Å². The normalized spacial score (nSPS) is 11.1. The summed E-state index contributed by atoms with van der Waals surface area (Å²) in [5.74, 6) is -0.0339. The average Bonchev–Trinajstić information content (AvgIpc) is 3.02. The maximum absolute atomic E-state index is 12.5. The lowest BCUT2D eigenvalue weighted by molar-refractivity contribution is 0.0945. The summed E-state index contributed by atoms with van der Waals surface area (Å²) in [5.41, 5.74) is 2.82. The van der Waals surface area contributed by atoms with E-state index in [0.717, 1.165) is 26.0 Å². The van der Waals surface area contributed by atoms with Gasteiger partial charge in [0.25, 0.3) is 5.91 Å². The summed E-state index contributed by atoms with van der Waals surface area (Å²) in [6.07, 6.45) is 0.917. The van der Waals surface area contributed by atoms with Crippen LogP contribution in [-0.4, -0.2) is 17.0 Å². The van der Waals surface area contributed by atoms with Crippen LogP contribution in [0.25, 0.3) is 10.2 Å². The number of aromatic nitrogens is 1. The zero-order valence-electron chi connectivity index (χ0n) is 12.6. The minimum Gasteiger partial charge on any atom is -0.351 e. The van der Waals surface area contributed by atoms with Crippen LogP contribution in [0.3, 0.4) is 0 Å². The maximum Gasteiger partial charge on any atom is 0.267 e. The molecule has 0 saturated carbocycles. The topological polar surface area (TPSA) is 34.0 Å². The van der Waals surface area contributed by atoms with E-state index in [1.165, 1.54) is 0 Å². The quantitative estimate of drug-likeness (QED) is 0.607. The number of thiophene rings is 1. The van der Waals surface area contributed by atoms with Crippen LogP contribution in [0.15, 0.2) is 40.2 Å². The van der Waals surface area contributed by atoms with Gasteiger partial charge in [0.05, 0.1) is 14.0 Å². The maximum atomic E-state index is 12.5. The molecule has 2 heterocycles. The first-order valence-corrected chi connectivity index (χ1v) is 9.38. The molecule has 1 aromatic carbocycles. The minimum atomic E-state index is -0.0339. The molecule has 120 valence electrons. The fraction of sp³-hybridized carbons (Fsp3) is 0.235. The Morgan fingerprint density at radius 3 is 2.91 bits per heavy atom. The lowest BCUT2D eigenvalue weighted by Gasteiger charge is -2.11. The highest BCUT2D eigenvalue weighted by Crippen LogP contribution is 2.33. The summed E-state index contributed by atoms with van der Waals surface area (Å²) in [5, 5.41) is 3.66. The molecule has 0 radical (unpaired) electrons. The van der Waals surface area contributed by atoms with Crippen LogP contribution in [0.1, 0.15) is 29.4 Å². The molecule has 0 aliphatic carbocycles. The fourth-order valence-electron chi connectivity index (χ4n) is 2.52. The predicted molar refractivity (Wildman–Crippen MR) is 101 cm³/mol. The molecule has 0 spiro atoms. The molecule has 0 aliphatic heterocycles. The van der Waals surface area contributed by atoms with Gasteiger partial charge in [-0.15, -0.1) is 11.3 Å². The monoisotopic (exact) mass is 410 g/mol. The van der Waals surface area contributed by atoms with E-state index in [9.17, 15) is 4.79 Å². The number of hydrogen-bond donors (Lipinski definition) is 1. The van der Waals surface area contributed by atoms with Gasteiger partial charge in [-0.1, -0.05) is 30.7 Å². The average molecular weight is 412 g/mol. The zero-order chi connectivity index (χ0) is 16.4. The van der Waals surface area contributed by atoms with Crippen molar-refractivity contribution in [2.75, 3.05) is 6.54 Å². The Labute approximate surface area is 152 Å². The smallest absolute Gasteiger partial charge is 0.267 e. The second-order valence-corrected chi connectivity index (χ2v) is 8.20. The number of nitrogens with one attached hydrogen (secondary N) is 1. The fourth-order valence-corrected chi connectivity index (χ4v) is 4.29. The van der Waals surface area contributed by atoms with Crippen LogP contribution in [0.5, 0.6) is 0 Å². The largest absolute Gasteiger partial charge is 0.351 e. The number of carbonyl (C=O) groups excluding carboxylic acids is 1. The van der Waals surface area contributed by atoms with Crippen LogP contribution >= 0.6 is 38.9 Å². The van der Waals surface area contributed by atoms with Crippen molar-refractivity contribution in [3.63, 3.8) is 0 Å². The van der Waals surface area contributed by atoms with Gasteiger partial charge >= 0.3 is 0 Å². The van der Waals surface area contributed by atoms with Crippen LogP contribution in [0.2, 0.25) is 5.02 Å². The van der Waals surface area contributed by atoms with E-state index >= 15 is 0 Å². The van der Waals surface area contributed by atoms with Crippen molar-refractivity contribution in [2.45, 2.75) is 19.9 Å². The SMILES string of the molecule is CCCNC(=O)c1cc2sc(Br)cc2n1Cc1cccc(Cl)c1. The molecule has 3 rings (SSSR count). The molecular formula is C17H16BrClN2OS. The van der Waals surface area contributed by atoms with Crippen molar-refractivity contribution < 1.29 is 4.79 Å². The molecule has 3 nitrogen and oxygen atoms in total. The standard InChI is InChI=1S/C17H16BrClN2OS/c1-2-6-20-17(22)14-8-15-13(9-16(18)23-15)21(14)10-11-4-3-5-12(19)7-11/h3-5,7-9H,2,6,10H2,1H3,(H,20,22). The zero-order valence-corrected chi connectivity index (χ0v) is 15.8. The van der Waals surface area contributed by atoms with Gasteiger partial charge in [-0.25, -0.2) is 0 Å². The number of hydrogen-bond acceptors (Lipinski definition) is 2.